The van der Waals surface area contributed by atoms with E-state index in [1.165, 1.54) is 24.3 Å². The van der Waals surface area contributed by atoms with E-state index < -0.39 is 52.1 Å². The van der Waals surface area contributed by atoms with Gasteiger partial charge < -0.3 is 10.4 Å². The molecule has 11 heteroatoms. The first kappa shape index (κ1) is 23.5. The Morgan fingerprint density at radius 1 is 1.26 bits per heavy atom. The second-order valence-electron chi connectivity index (χ2n) is 7.13. The van der Waals surface area contributed by atoms with Gasteiger partial charge >= 0.3 is 0 Å². The molecule has 0 aromatic heterocycles. The number of benzene rings is 2. The van der Waals surface area contributed by atoms with Gasteiger partial charge in [-0.25, -0.2) is 21.6 Å². The van der Waals surface area contributed by atoms with Gasteiger partial charge in [-0.05, 0) is 43.2 Å². The SMILES string of the molecule is O=C(Nc1ccc(F)c(Cl)c1)c1ccc(CF)c(S(=O)(=O)N2CCC[C@H](F)[C@H](O)C2)c1. The summed E-state index contributed by atoms with van der Waals surface area (Å²) in [5.74, 6) is -1.39. The molecule has 3 rings (SSSR count). The molecule has 0 unspecified atom stereocenters. The number of aliphatic hydroxyl groups excluding tert-OH is 1. The number of carbonyl (C=O) groups excluding carboxylic acids is 1. The molecule has 0 aliphatic carbocycles. The lowest BCUT2D eigenvalue weighted by atomic mass is 10.1. The Morgan fingerprint density at radius 3 is 2.68 bits per heavy atom. The van der Waals surface area contributed by atoms with Gasteiger partial charge in [0.1, 0.15) is 18.7 Å². The van der Waals surface area contributed by atoms with Crippen molar-refractivity contribution < 1.29 is 31.5 Å². The van der Waals surface area contributed by atoms with Crippen molar-refractivity contribution in [3.63, 3.8) is 0 Å². The lowest BCUT2D eigenvalue weighted by Gasteiger charge is -2.23. The third-order valence-electron chi connectivity index (χ3n) is 4.96. The van der Waals surface area contributed by atoms with Crippen LogP contribution < -0.4 is 5.32 Å². The van der Waals surface area contributed by atoms with Crippen molar-refractivity contribution >= 4 is 33.2 Å². The third kappa shape index (κ3) is 5.20. The number of aliphatic hydroxyl groups is 1. The van der Waals surface area contributed by atoms with Crippen molar-refractivity contribution in [3.05, 3.63) is 58.4 Å². The number of nitrogens with zero attached hydrogens (tertiary/aromatic N) is 1. The number of β-amino-alcohol motifs (C(OH)–C–C–N with tert-alkyl or cyclic N) is 1. The van der Waals surface area contributed by atoms with Gasteiger partial charge in [-0.15, -0.1) is 0 Å². The van der Waals surface area contributed by atoms with Gasteiger partial charge in [-0.2, -0.15) is 4.31 Å². The number of anilines is 1. The first-order valence-electron chi connectivity index (χ1n) is 9.41. The Balaban J connectivity index is 1.92. The Morgan fingerprint density at radius 2 is 2.00 bits per heavy atom. The molecule has 1 aliphatic heterocycles. The summed E-state index contributed by atoms with van der Waals surface area (Å²) in [6, 6.07) is 6.97. The molecule has 2 atom stereocenters. The zero-order valence-electron chi connectivity index (χ0n) is 16.2. The fourth-order valence-corrected chi connectivity index (χ4v) is 5.16. The number of carbonyl (C=O) groups is 1. The molecule has 168 valence electrons. The Bertz CT molecular complexity index is 1080. The summed E-state index contributed by atoms with van der Waals surface area (Å²) in [4.78, 5) is 12.1. The quantitative estimate of drug-likeness (QED) is 0.689. The Kier molecular flexibility index (Phi) is 7.25. The van der Waals surface area contributed by atoms with Gasteiger partial charge in [0.15, 0.2) is 0 Å². The minimum Gasteiger partial charge on any atom is -0.389 e. The van der Waals surface area contributed by atoms with E-state index >= 15 is 0 Å². The fraction of sp³-hybridized carbons (Fsp3) is 0.350. The molecule has 1 saturated heterocycles. The normalized spacial score (nSPS) is 20.3. The third-order valence-corrected chi connectivity index (χ3v) is 7.20. The molecule has 1 amide bonds. The van der Waals surface area contributed by atoms with Crippen LogP contribution in [0.5, 0.6) is 0 Å². The zero-order chi connectivity index (χ0) is 22.8. The predicted molar refractivity (Wildman–Crippen MR) is 110 cm³/mol. The number of nitrogens with one attached hydrogen (secondary N) is 1. The van der Waals surface area contributed by atoms with Gasteiger partial charge in [0.25, 0.3) is 5.91 Å². The summed E-state index contributed by atoms with van der Waals surface area (Å²) >= 11 is 5.69. The average Bonchev–Trinajstić information content (AvgIpc) is 2.91. The molecule has 2 N–H and O–H groups in total. The Labute approximate surface area is 182 Å². The topological polar surface area (TPSA) is 86.7 Å². The first-order valence-corrected chi connectivity index (χ1v) is 11.2. The lowest BCUT2D eigenvalue weighted by molar-refractivity contribution is 0.0710. The summed E-state index contributed by atoms with van der Waals surface area (Å²) in [6.07, 6.45) is -2.86. The van der Waals surface area contributed by atoms with E-state index in [2.05, 4.69) is 5.32 Å². The number of alkyl halides is 2. The summed E-state index contributed by atoms with van der Waals surface area (Å²) in [7, 11) is -4.31. The van der Waals surface area contributed by atoms with Gasteiger partial charge in [-0.1, -0.05) is 17.7 Å². The number of halogens is 4. The summed E-state index contributed by atoms with van der Waals surface area (Å²) < 4.78 is 67.7. The molecule has 6 nitrogen and oxygen atoms in total. The average molecular weight is 477 g/mol. The van der Waals surface area contributed by atoms with Crippen LogP contribution in [-0.2, 0) is 16.7 Å². The molecule has 1 heterocycles. The largest absolute Gasteiger partial charge is 0.389 e. The van der Waals surface area contributed by atoms with Gasteiger partial charge in [-0.3, -0.25) is 4.79 Å². The molecule has 2 aromatic rings. The highest BCUT2D eigenvalue weighted by Gasteiger charge is 2.34. The summed E-state index contributed by atoms with van der Waals surface area (Å²) in [6.45, 7) is -1.62. The maximum absolute atomic E-state index is 13.8. The van der Waals surface area contributed by atoms with Gasteiger partial charge in [0.05, 0.1) is 16.0 Å². The van der Waals surface area contributed by atoms with E-state index in [1.54, 1.807) is 0 Å². The molecule has 31 heavy (non-hydrogen) atoms. The monoisotopic (exact) mass is 476 g/mol. The van der Waals surface area contributed by atoms with Crippen LogP contribution >= 0.6 is 11.6 Å². The van der Waals surface area contributed by atoms with E-state index in [0.29, 0.717) is 0 Å². The zero-order valence-corrected chi connectivity index (χ0v) is 17.8. The standard InChI is InChI=1S/C20H20ClF3N2O4S/c21-15-9-14(5-6-16(15)23)25-20(28)12-3-4-13(10-22)19(8-12)31(29,30)26-7-1-2-17(24)18(27)11-26/h3-6,8-9,17-18,27H,1-2,7,10-11H2,(H,25,28)/t17-,18+/m0/s1. The highest BCUT2D eigenvalue weighted by molar-refractivity contribution is 7.89. The van der Waals surface area contributed by atoms with Crippen LogP contribution in [0.25, 0.3) is 0 Å². The minimum absolute atomic E-state index is 0.00578. The number of amides is 1. The highest BCUT2D eigenvalue weighted by atomic mass is 35.5. The molecular weight excluding hydrogens is 457 g/mol. The predicted octanol–water partition coefficient (Wildman–Crippen LogP) is 3.68. The second-order valence-corrected chi connectivity index (χ2v) is 9.44. The maximum atomic E-state index is 13.8. The van der Waals surface area contributed by atoms with Gasteiger partial charge in [0, 0.05) is 29.9 Å². The fourth-order valence-electron chi connectivity index (χ4n) is 3.25. The smallest absolute Gasteiger partial charge is 0.255 e. The summed E-state index contributed by atoms with van der Waals surface area (Å²) in [5.41, 5.74) is -0.0770. The molecule has 1 aliphatic rings. The summed E-state index contributed by atoms with van der Waals surface area (Å²) in [5, 5.41) is 12.1. The molecule has 2 aromatic carbocycles. The van der Waals surface area contributed by atoms with Crippen LogP contribution in [0.15, 0.2) is 41.3 Å². The van der Waals surface area contributed by atoms with Crippen LogP contribution in [0.3, 0.4) is 0 Å². The van der Waals surface area contributed by atoms with Gasteiger partial charge in [0.2, 0.25) is 10.0 Å². The van der Waals surface area contributed by atoms with E-state index in [-0.39, 0.29) is 41.2 Å². The molecule has 0 radical (unpaired) electrons. The lowest BCUT2D eigenvalue weighted by Crippen LogP contribution is -2.39. The minimum atomic E-state index is -4.31. The van der Waals surface area contributed by atoms with E-state index in [4.69, 9.17) is 11.6 Å². The molecule has 0 saturated carbocycles. The first-order chi connectivity index (χ1) is 14.6. The van der Waals surface area contributed by atoms with Crippen molar-refractivity contribution in [1.82, 2.24) is 4.31 Å². The molecule has 1 fully saturated rings. The second kappa shape index (κ2) is 9.56. The number of hydrogen-bond acceptors (Lipinski definition) is 4. The Hall–Kier alpha value is -2.14. The van der Waals surface area contributed by atoms with Crippen LogP contribution in [0, 0.1) is 5.82 Å². The van der Waals surface area contributed by atoms with Crippen LogP contribution in [0.4, 0.5) is 18.9 Å². The van der Waals surface area contributed by atoms with Crippen molar-refractivity contribution in [1.29, 1.82) is 0 Å². The number of sulfonamides is 1. The molecule has 0 bridgehead atoms. The van der Waals surface area contributed by atoms with E-state index in [1.807, 2.05) is 0 Å². The number of rotatable bonds is 5. The van der Waals surface area contributed by atoms with Crippen molar-refractivity contribution in [2.24, 2.45) is 0 Å². The maximum Gasteiger partial charge on any atom is 0.255 e. The number of hydrogen-bond donors (Lipinski definition) is 2. The molecular formula is C20H20ClF3N2O4S. The highest BCUT2D eigenvalue weighted by Crippen LogP contribution is 2.27. The van der Waals surface area contributed by atoms with Crippen molar-refractivity contribution in [3.8, 4) is 0 Å². The van der Waals surface area contributed by atoms with Crippen LogP contribution in [0.2, 0.25) is 5.02 Å². The van der Waals surface area contributed by atoms with E-state index in [0.717, 1.165) is 16.4 Å². The van der Waals surface area contributed by atoms with Crippen molar-refractivity contribution in [2.45, 2.75) is 36.7 Å². The molecule has 0 spiro atoms. The van der Waals surface area contributed by atoms with E-state index in [9.17, 15) is 31.5 Å². The van der Waals surface area contributed by atoms with Crippen LogP contribution in [-0.4, -0.2) is 49.1 Å². The van der Waals surface area contributed by atoms with Crippen LogP contribution in [0.1, 0.15) is 28.8 Å². The van der Waals surface area contributed by atoms with Crippen molar-refractivity contribution in [2.75, 3.05) is 18.4 Å².